The zero-order valence-electron chi connectivity index (χ0n) is 13.1. The van der Waals surface area contributed by atoms with E-state index in [2.05, 4.69) is 19.2 Å². The van der Waals surface area contributed by atoms with Crippen molar-refractivity contribution in [1.29, 1.82) is 0 Å². The van der Waals surface area contributed by atoms with Gasteiger partial charge in [-0.15, -0.1) is 0 Å². The van der Waals surface area contributed by atoms with Gasteiger partial charge < -0.3 is 15.8 Å². The molecular formula is C16H24N2O2S. The van der Waals surface area contributed by atoms with E-state index in [4.69, 9.17) is 22.7 Å². The normalized spacial score (nSPS) is 12.0. The lowest BCUT2D eigenvalue weighted by Crippen LogP contribution is -2.42. The van der Waals surface area contributed by atoms with E-state index in [9.17, 15) is 4.79 Å². The predicted octanol–water partition coefficient (Wildman–Crippen LogP) is 2.70. The standard InChI is InChI=1S/C16H24N2O2S/c1-5-13(6-2)18-16(19)11(4)20-14-9-12(15(17)21)8-7-10(14)3/h7-9,11,13H,5-6H2,1-4H3,(H2,17,21)(H,18,19). The first-order chi connectivity index (χ1) is 9.88. The highest BCUT2D eigenvalue weighted by Gasteiger charge is 2.18. The van der Waals surface area contributed by atoms with Crippen molar-refractivity contribution in [2.24, 2.45) is 5.73 Å². The molecule has 0 radical (unpaired) electrons. The molecule has 21 heavy (non-hydrogen) atoms. The summed E-state index contributed by atoms with van der Waals surface area (Å²) in [6, 6.07) is 5.69. The number of carbonyl (C=O) groups excluding carboxylic acids is 1. The van der Waals surface area contributed by atoms with Gasteiger partial charge in [0.2, 0.25) is 0 Å². The molecule has 5 heteroatoms. The van der Waals surface area contributed by atoms with Crippen molar-refractivity contribution in [2.45, 2.75) is 52.7 Å². The van der Waals surface area contributed by atoms with E-state index in [0.717, 1.165) is 24.0 Å². The Balaban J connectivity index is 2.78. The molecule has 0 saturated carbocycles. The Bertz CT molecular complexity index is 513. The summed E-state index contributed by atoms with van der Waals surface area (Å²) in [5.41, 5.74) is 7.30. The summed E-state index contributed by atoms with van der Waals surface area (Å²) < 4.78 is 5.76. The highest BCUT2D eigenvalue weighted by Crippen LogP contribution is 2.21. The minimum Gasteiger partial charge on any atom is -0.481 e. The van der Waals surface area contributed by atoms with E-state index in [1.54, 1.807) is 13.0 Å². The van der Waals surface area contributed by atoms with Gasteiger partial charge in [0.25, 0.3) is 5.91 Å². The van der Waals surface area contributed by atoms with Crippen LogP contribution in [0.1, 0.15) is 44.7 Å². The summed E-state index contributed by atoms with van der Waals surface area (Å²) in [6.07, 6.45) is 1.25. The number of carbonyl (C=O) groups is 1. The fourth-order valence-corrected chi connectivity index (χ4v) is 2.06. The summed E-state index contributed by atoms with van der Waals surface area (Å²) in [5, 5.41) is 2.98. The number of amides is 1. The molecule has 0 aliphatic rings. The molecule has 0 aromatic heterocycles. The Labute approximate surface area is 132 Å². The summed E-state index contributed by atoms with van der Waals surface area (Å²) in [6.45, 7) is 7.76. The molecule has 1 amide bonds. The molecule has 0 spiro atoms. The Kier molecular flexibility index (Phi) is 6.62. The third-order valence-corrected chi connectivity index (χ3v) is 3.71. The molecule has 0 saturated heterocycles. The van der Waals surface area contributed by atoms with Gasteiger partial charge in [-0.05, 0) is 38.3 Å². The quantitative estimate of drug-likeness (QED) is 0.760. The molecule has 3 N–H and O–H groups in total. The van der Waals surface area contributed by atoms with Gasteiger partial charge in [0.15, 0.2) is 6.10 Å². The van der Waals surface area contributed by atoms with Gasteiger partial charge in [-0.25, -0.2) is 0 Å². The molecule has 0 heterocycles. The zero-order valence-corrected chi connectivity index (χ0v) is 13.9. The molecule has 1 aromatic rings. The summed E-state index contributed by atoms with van der Waals surface area (Å²) >= 11 is 4.96. The SMILES string of the molecule is CCC(CC)NC(=O)C(C)Oc1cc(C(N)=S)ccc1C. The molecule has 1 aromatic carbocycles. The molecule has 4 nitrogen and oxygen atoms in total. The minimum absolute atomic E-state index is 0.108. The van der Waals surface area contributed by atoms with Crippen LogP contribution in [0.3, 0.4) is 0 Å². The topological polar surface area (TPSA) is 64.3 Å². The van der Waals surface area contributed by atoms with Gasteiger partial charge in [0.05, 0.1) is 0 Å². The Morgan fingerprint density at radius 2 is 2.00 bits per heavy atom. The van der Waals surface area contributed by atoms with Crippen LogP contribution < -0.4 is 15.8 Å². The van der Waals surface area contributed by atoms with Gasteiger partial charge in [-0.1, -0.05) is 38.2 Å². The number of aryl methyl sites for hydroxylation is 1. The van der Waals surface area contributed by atoms with Crippen molar-refractivity contribution in [2.75, 3.05) is 0 Å². The second kappa shape index (κ2) is 7.98. The van der Waals surface area contributed by atoms with E-state index in [1.807, 2.05) is 19.1 Å². The van der Waals surface area contributed by atoms with Crippen LogP contribution in [0.15, 0.2) is 18.2 Å². The van der Waals surface area contributed by atoms with E-state index < -0.39 is 6.10 Å². The van der Waals surface area contributed by atoms with Crippen LogP contribution in [0.5, 0.6) is 5.75 Å². The largest absolute Gasteiger partial charge is 0.481 e. The monoisotopic (exact) mass is 308 g/mol. The number of benzene rings is 1. The number of nitrogens with one attached hydrogen (secondary N) is 1. The fourth-order valence-electron chi connectivity index (χ4n) is 1.94. The average molecular weight is 308 g/mol. The maximum atomic E-state index is 12.1. The third-order valence-electron chi connectivity index (χ3n) is 3.48. The molecule has 0 aliphatic heterocycles. The number of hydrogen-bond donors (Lipinski definition) is 2. The van der Waals surface area contributed by atoms with Crippen molar-refractivity contribution >= 4 is 23.1 Å². The highest BCUT2D eigenvalue weighted by atomic mass is 32.1. The summed E-state index contributed by atoms with van der Waals surface area (Å²) in [5.74, 6) is 0.524. The van der Waals surface area contributed by atoms with Crippen LogP contribution in [-0.4, -0.2) is 23.0 Å². The van der Waals surface area contributed by atoms with Gasteiger partial charge in [0, 0.05) is 11.6 Å². The van der Waals surface area contributed by atoms with Crippen LogP contribution in [0.25, 0.3) is 0 Å². The molecule has 1 unspecified atom stereocenters. The van der Waals surface area contributed by atoms with Crippen molar-refractivity contribution < 1.29 is 9.53 Å². The lowest BCUT2D eigenvalue weighted by molar-refractivity contribution is -0.128. The molecule has 0 bridgehead atoms. The lowest BCUT2D eigenvalue weighted by Gasteiger charge is -2.20. The van der Waals surface area contributed by atoms with Gasteiger partial charge in [-0.3, -0.25) is 4.79 Å². The third kappa shape index (κ3) is 5.01. The maximum Gasteiger partial charge on any atom is 0.260 e. The molecular weight excluding hydrogens is 284 g/mol. The first kappa shape index (κ1) is 17.4. The second-order valence-corrected chi connectivity index (χ2v) is 5.57. The van der Waals surface area contributed by atoms with Crippen LogP contribution in [0, 0.1) is 6.92 Å². The number of nitrogens with two attached hydrogens (primary N) is 1. The van der Waals surface area contributed by atoms with E-state index in [1.165, 1.54) is 0 Å². The number of hydrogen-bond acceptors (Lipinski definition) is 3. The maximum absolute atomic E-state index is 12.1. The Hall–Kier alpha value is -1.62. The van der Waals surface area contributed by atoms with Gasteiger partial charge >= 0.3 is 0 Å². The van der Waals surface area contributed by atoms with E-state index in [-0.39, 0.29) is 11.9 Å². The first-order valence-electron chi connectivity index (χ1n) is 7.26. The summed E-state index contributed by atoms with van der Waals surface area (Å²) in [4.78, 5) is 12.4. The number of ether oxygens (including phenoxy) is 1. The van der Waals surface area contributed by atoms with Crippen molar-refractivity contribution in [1.82, 2.24) is 5.32 Å². The fraction of sp³-hybridized carbons (Fsp3) is 0.500. The van der Waals surface area contributed by atoms with Gasteiger partial charge in [-0.2, -0.15) is 0 Å². The van der Waals surface area contributed by atoms with Crippen molar-refractivity contribution in [3.05, 3.63) is 29.3 Å². The molecule has 116 valence electrons. The van der Waals surface area contributed by atoms with Crippen LogP contribution in [-0.2, 0) is 4.79 Å². The predicted molar refractivity (Wildman–Crippen MR) is 89.7 cm³/mol. The Morgan fingerprint density at radius 1 is 1.38 bits per heavy atom. The van der Waals surface area contributed by atoms with E-state index in [0.29, 0.717) is 10.7 Å². The number of thiocarbonyl (C=S) groups is 1. The zero-order chi connectivity index (χ0) is 16.0. The smallest absolute Gasteiger partial charge is 0.260 e. The van der Waals surface area contributed by atoms with Crippen molar-refractivity contribution in [3.8, 4) is 5.75 Å². The van der Waals surface area contributed by atoms with Crippen LogP contribution >= 0.6 is 12.2 Å². The first-order valence-corrected chi connectivity index (χ1v) is 7.67. The van der Waals surface area contributed by atoms with Gasteiger partial charge in [0.1, 0.15) is 10.7 Å². The highest BCUT2D eigenvalue weighted by molar-refractivity contribution is 7.80. The second-order valence-electron chi connectivity index (χ2n) is 5.13. The Morgan fingerprint density at radius 3 is 2.52 bits per heavy atom. The molecule has 1 rings (SSSR count). The molecule has 0 fully saturated rings. The lowest BCUT2D eigenvalue weighted by atomic mass is 10.1. The van der Waals surface area contributed by atoms with Crippen molar-refractivity contribution in [3.63, 3.8) is 0 Å². The van der Waals surface area contributed by atoms with Crippen LogP contribution in [0.4, 0.5) is 0 Å². The molecule has 0 aliphatic carbocycles. The average Bonchev–Trinajstić information content (AvgIpc) is 2.46. The summed E-state index contributed by atoms with van der Waals surface area (Å²) in [7, 11) is 0. The molecule has 1 atom stereocenters. The number of rotatable bonds is 7. The van der Waals surface area contributed by atoms with E-state index >= 15 is 0 Å². The van der Waals surface area contributed by atoms with Crippen LogP contribution in [0.2, 0.25) is 0 Å². The minimum atomic E-state index is -0.564.